The Kier molecular flexibility index (Phi) is 2.71. The molecule has 0 aliphatic heterocycles. The van der Waals surface area contributed by atoms with Crippen molar-refractivity contribution in [2.24, 2.45) is 5.92 Å². The molecule has 0 aromatic heterocycles. The molecule has 2 unspecified atom stereocenters. The molecule has 0 bridgehead atoms. The lowest BCUT2D eigenvalue weighted by atomic mass is 9.79. The molecule has 1 N–H and O–H groups in total. The molecule has 0 saturated heterocycles. The van der Waals surface area contributed by atoms with Crippen molar-refractivity contribution in [3.05, 3.63) is 76.9 Å². The van der Waals surface area contributed by atoms with Crippen LogP contribution in [0.1, 0.15) is 24.3 Å². The number of hydrogen-bond acceptors (Lipinski definition) is 2. The third kappa shape index (κ3) is 1.90. The Morgan fingerprint density at radius 1 is 1.24 bits per heavy atom. The fourth-order valence-electron chi connectivity index (χ4n) is 3.62. The molecule has 21 heavy (non-hydrogen) atoms. The van der Waals surface area contributed by atoms with Gasteiger partial charge in [0.25, 0.3) is 0 Å². The lowest BCUT2D eigenvalue weighted by molar-refractivity contribution is -0.114. The second-order valence-corrected chi connectivity index (χ2v) is 5.86. The van der Waals surface area contributed by atoms with E-state index >= 15 is 0 Å². The Morgan fingerprint density at radius 2 is 2.14 bits per heavy atom. The Balaban J connectivity index is 1.82. The first-order valence-electron chi connectivity index (χ1n) is 7.35. The van der Waals surface area contributed by atoms with Gasteiger partial charge in [0.05, 0.1) is 0 Å². The molecule has 2 nitrogen and oxygen atoms in total. The van der Waals surface area contributed by atoms with Gasteiger partial charge in [-0.2, -0.15) is 0 Å². The van der Waals surface area contributed by atoms with Crippen molar-refractivity contribution in [1.82, 2.24) is 0 Å². The molecule has 2 heteroatoms. The van der Waals surface area contributed by atoms with Crippen LogP contribution < -0.4 is 0 Å². The number of carbonyl (C=O) groups excluding carboxylic acids is 1. The number of ketones is 1. The van der Waals surface area contributed by atoms with Gasteiger partial charge in [0, 0.05) is 23.8 Å². The molecule has 1 aromatic carbocycles. The zero-order chi connectivity index (χ0) is 14.4. The van der Waals surface area contributed by atoms with Crippen molar-refractivity contribution in [3.63, 3.8) is 0 Å². The van der Waals surface area contributed by atoms with Gasteiger partial charge in [-0.1, -0.05) is 42.5 Å². The number of carbonyl (C=O) groups is 1. The molecule has 0 amide bonds. The number of fused-ring (bicyclic) bond motifs is 2. The average molecular weight is 276 g/mol. The number of allylic oxidation sites excluding steroid dienone is 8. The van der Waals surface area contributed by atoms with Gasteiger partial charge in [-0.15, -0.1) is 0 Å². The highest BCUT2D eigenvalue weighted by Crippen LogP contribution is 2.46. The highest BCUT2D eigenvalue weighted by Gasteiger charge is 2.37. The highest BCUT2D eigenvalue weighted by atomic mass is 16.3. The molecule has 4 rings (SSSR count). The van der Waals surface area contributed by atoms with E-state index in [-0.39, 0.29) is 17.5 Å². The van der Waals surface area contributed by atoms with E-state index in [9.17, 15) is 9.90 Å². The van der Waals surface area contributed by atoms with Gasteiger partial charge >= 0.3 is 0 Å². The monoisotopic (exact) mass is 276 g/mol. The van der Waals surface area contributed by atoms with E-state index < -0.39 is 0 Å². The van der Waals surface area contributed by atoms with Crippen LogP contribution in [0.5, 0.6) is 5.75 Å². The van der Waals surface area contributed by atoms with Crippen LogP contribution in [0.3, 0.4) is 0 Å². The fraction of sp³-hybridized carbons (Fsp3) is 0.211. The normalized spacial score (nSPS) is 26.7. The highest BCUT2D eigenvalue weighted by molar-refractivity contribution is 6.05. The zero-order valence-corrected chi connectivity index (χ0v) is 11.6. The number of aromatic hydroxyl groups is 1. The minimum absolute atomic E-state index is 0.0728. The first-order valence-corrected chi connectivity index (χ1v) is 7.35. The molecule has 0 saturated carbocycles. The zero-order valence-electron chi connectivity index (χ0n) is 11.6. The van der Waals surface area contributed by atoms with Gasteiger partial charge in [-0.05, 0) is 35.3 Å². The summed E-state index contributed by atoms with van der Waals surface area (Å²) in [5.74, 6) is 0.907. The molecule has 2 atom stereocenters. The van der Waals surface area contributed by atoms with Crippen molar-refractivity contribution in [3.8, 4) is 5.75 Å². The van der Waals surface area contributed by atoms with E-state index in [2.05, 4.69) is 24.3 Å². The van der Waals surface area contributed by atoms with Crippen molar-refractivity contribution in [2.45, 2.75) is 18.8 Å². The molecule has 3 aliphatic carbocycles. The van der Waals surface area contributed by atoms with Crippen LogP contribution in [0.4, 0.5) is 0 Å². The van der Waals surface area contributed by atoms with Gasteiger partial charge in [-0.3, -0.25) is 4.79 Å². The number of benzene rings is 1. The molecule has 3 aliphatic rings. The lowest BCUT2D eigenvalue weighted by Crippen LogP contribution is -2.13. The average Bonchev–Trinajstić information content (AvgIpc) is 2.85. The van der Waals surface area contributed by atoms with Crippen LogP contribution in [0.2, 0.25) is 0 Å². The van der Waals surface area contributed by atoms with Crippen LogP contribution in [0.15, 0.2) is 71.4 Å². The second kappa shape index (κ2) is 4.59. The predicted molar refractivity (Wildman–Crippen MR) is 82.0 cm³/mol. The summed E-state index contributed by atoms with van der Waals surface area (Å²) >= 11 is 0. The van der Waals surface area contributed by atoms with Crippen LogP contribution >= 0.6 is 0 Å². The maximum absolute atomic E-state index is 12.5. The van der Waals surface area contributed by atoms with Crippen molar-refractivity contribution in [1.29, 1.82) is 0 Å². The molecule has 0 fully saturated rings. The Morgan fingerprint density at radius 3 is 3.00 bits per heavy atom. The molecular weight excluding hydrogens is 260 g/mol. The Bertz CT molecular complexity index is 747. The predicted octanol–water partition coefficient (Wildman–Crippen LogP) is 3.82. The number of hydrogen-bond donors (Lipinski definition) is 1. The standard InChI is InChI=1S/C19H16O2/c20-14-6-3-5-13(10-14)17-11-18(21)19-15-7-2-1-4-12(15)8-9-16(17)19/h1-3,5-10,12,17,20H,4,11H2. The maximum Gasteiger partial charge on any atom is 0.164 e. The summed E-state index contributed by atoms with van der Waals surface area (Å²) in [6.45, 7) is 0. The number of Topliss-reactive ketones (excluding diaryl/α,β-unsaturated/α-hetero) is 1. The molecule has 0 spiro atoms. The van der Waals surface area contributed by atoms with Gasteiger partial charge in [0.1, 0.15) is 5.75 Å². The molecular formula is C19H16O2. The van der Waals surface area contributed by atoms with E-state index in [0.29, 0.717) is 12.3 Å². The van der Waals surface area contributed by atoms with E-state index in [1.807, 2.05) is 18.2 Å². The first kappa shape index (κ1) is 12.4. The molecule has 0 radical (unpaired) electrons. The number of phenols is 1. The third-order valence-electron chi connectivity index (χ3n) is 4.60. The molecule has 0 heterocycles. The van der Waals surface area contributed by atoms with Crippen LogP contribution in [-0.2, 0) is 4.79 Å². The fourth-order valence-corrected chi connectivity index (χ4v) is 3.62. The minimum Gasteiger partial charge on any atom is -0.508 e. The SMILES string of the molecule is O=C1CC(c2cccc(O)c2)C2=C1C1=CC=CCC1C=C2. The number of phenolic OH excluding ortho intramolecular Hbond substituents is 1. The minimum atomic E-state index is 0.0728. The first-order chi connectivity index (χ1) is 10.2. The summed E-state index contributed by atoms with van der Waals surface area (Å²) in [6, 6.07) is 7.26. The smallest absolute Gasteiger partial charge is 0.164 e. The Labute approximate surface area is 123 Å². The van der Waals surface area contributed by atoms with Crippen LogP contribution in [-0.4, -0.2) is 10.9 Å². The summed E-state index contributed by atoms with van der Waals surface area (Å²) in [5, 5.41) is 9.68. The topological polar surface area (TPSA) is 37.3 Å². The Hall–Kier alpha value is -2.35. The lowest BCUT2D eigenvalue weighted by Gasteiger charge is -2.24. The number of rotatable bonds is 1. The van der Waals surface area contributed by atoms with Gasteiger partial charge < -0.3 is 5.11 Å². The third-order valence-corrected chi connectivity index (χ3v) is 4.60. The quantitative estimate of drug-likeness (QED) is 0.846. The van der Waals surface area contributed by atoms with Crippen molar-refractivity contribution < 1.29 is 9.90 Å². The molecule has 1 aromatic rings. The second-order valence-electron chi connectivity index (χ2n) is 5.86. The van der Waals surface area contributed by atoms with Crippen molar-refractivity contribution in [2.75, 3.05) is 0 Å². The molecule has 104 valence electrons. The van der Waals surface area contributed by atoms with Gasteiger partial charge in [0.2, 0.25) is 0 Å². The van der Waals surface area contributed by atoms with Crippen LogP contribution in [0.25, 0.3) is 0 Å². The van der Waals surface area contributed by atoms with Crippen LogP contribution in [0, 0.1) is 5.92 Å². The maximum atomic E-state index is 12.5. The van der Waals surface area contributed by atoms with Crippen molar-refractivity contribution >= 4 is 5.78 Å². The van der Waals surface area contributed by atoms with E-state index in [4.69, 9.17) is 0 Å². The largest absolute Gasteiger partial charge is 0.508 e. The summed E-state index contributed by atoms with van der Waals surface area (Å²) in [4.78, 5) is 12.5. The summed E-state index contributed by atoms with van der Waals surface area (Å²) < 4.78 is 0. The summed E-state index contributed by atoms with van der Waals surface area (Å²) in [7, 11) is 0. The van der Waals surface area contributed by atoms with E-state index in [1.165, 1.54) is 5.57 Å². The summed E-state index contributed by atoms with van der Waals surface area (Å²) in [6.07, 6.45) is 12.1. The van der Waals surface area contributed by atoms with E-state index in [0.717, 1.165) is 23.1 Å². The van der Waals surface area contributed by atoms with Gasteiger partial charge in [0.15, 0.2) is 5.78 Å². The van der Waals surface area contributed by atoms with E-state index in [1.54, 1.807) is 12.1 Å². The summed E-state index contributed by atoms with van der Waals surface area (Å²) in [5.41, 5.74) is 4.22. The van der Waals surface area contributed by atoms with Gasteiger partial charge in [-0.25, -0.2) is 0 Å².